The highest BCUT2D eigenvalue weighted by atomic mass is 16.2. The lowest BCUT2D eigenvalue weighted by molar-refractivity contribution is 0.0676. The maximum Gasteiger partial charge on any atom is 0.253 e. The zero-order chi connectivity index (χ0) is 21.7. The number of aryl methyl sites for hydroxylation is 1. The van der Waals surface area contributed by atoms with Crippen LogP contribution in [0.4, 0.5) is 5.69 Å². The van der Waals surface area contributed by atoms with Crippen molar-refractivity contribution in [3.63, 3.8) is 0 Å². The maximum absolute atomic E-state index is 13.3. The molecule has 1 amide bonds. The van der Waals surface area contributed by atoms with E-state index in [4.69, 9.17) is 0 Å². The fraction of sp³-hybridized carbons (Fsp3) is 0.250. The number of piperidine rings is 1. The number of anilines is 1. The van der Waals surface area contributed by atoms with Crippen LogP contribution in [0.25, 0.3) is 11.4 Å². The lowest BCUT2D eigenvalue weighted by atomic mass is 9.82. The van der Waals surface area contributed by atoms with Gasteiger partial charge in [-0.05, 0) is 72.7 Å². The summed E-state index contributed by atoms with van der Waals surface area (Å²) in [6.45, 7) is 3.21. The molecule has 6 rings (SSSR count). The summed E-state index contributed by atoms with van der Waals surface area (Å²) in [6.07, 6.45) is 3.83. The van der Waals surface area contributed by atoms with Gasteiger partial charge in [0, 0.05) is 30.5 Å². The molecule has 0 bridgehead atoms. The number of rotatable bonds is 2. The van der Waals surface area contributed by atoms with Crippen LogP contribution in [0.3, 0.4) is 0 Å². The zero-order valence-corrected chi connectivity index (χ0v) is 17.8. The summed E-state index contributed by atoms with van der Waals surface area (Å²) in [4.78, 5) is 15.3. The van der Waals surface area contributed by atoms with Gasteiger partial charge in [0.15, 0.2) is 5.82 Å². The summed E-state index contributed by atoms with van der Waals surface area (Å²) in [5.74, 6) is 0.722. The van der Waals surface area contributed by atoms with E-state index in [-0.39, 0.29) is 11.4 Å². The van der Waals surface area contributed by atoms with E-state index in [1.165, 1.54) is 11.4 Å². The van der Waals surface area contributed by atoms with Gasteiger partial charge in [0.1, 0.15) is 0 Å². The van der Waals surface area contributed by atoms with Crippen molar-refractivity contribution in [2.45, 2.75) is 25.3 Å². The van der Waals surface area contributed by atoms with Crippen LogP contribution in [0.2, 0.25) is 0 Å². The Hall–Kier alpha value is -3.94. The Morgan fingerprint density at radius 1 is 1.03 bits per heavy atom. The molecule has 1 saturated heterocycles. The van der Waals surface area contributed by atoms with Crippen molar-refractivity contribution in [3.8, 4) is 11.4 Å². The van der Waals surface area contributed by atoms with E-state index < -0.39 is 0 Å². The van der Waals surface area contributed by atoms with Crippen molar-refractivity contribution in [2.75, 3.05) is 18.4 Å². The van der Waals surface area contributed by atoms with E-state index in [1.807, 2.05) is 36.1 Å². The van der Waals surface area contributed by atoms with Crippen LogP contribution in [0.15, 0.2) is 66.9 Å². The fourth-order valence-electron chi connectivity index (χ4n) is 4.99. The van der Waals surface area contributed by atoms with Gasteiger partial charge in [-0.15, -0.1) is 5.10 Å². The Bertz CT molecular complexity index is 1310. The molecule has 0 aliphatic carbocycles. The smallest absolute Gasteiger partial charge is 0.253 e. The number of nitrogens with zero attached hydrogens (tertiary/aromatic N) is 6. The highest BCUT2D eigenvalue weighted by Crippen LogP contribution is 2.43. The van der Waals surface area contributed by atoms with Gasteiger partial charge in [-0.2, -0.15) is 4.68 Å². The fourth-order valence-corrected chi connectivity index (χ4v) is 4.99. The second-order valence-electron chi connectivity index (χ2n) is 8.47. The van der Waals surface area contributed by atoms with E-state index in [0.717, 1.165) is 24.2 Å². The molecule has 2 aromatic carbocycles. The normalized spacial score (nSPS) is 16.3. The number of nitrogens with one attached hydrogen (secondary N) is 1. The molecule has 1 fully saturated rings. The topological polar surface area (TPSA) is 80.9 Å². The van der Waals surface area contributed by atoms with Crippen molar-refractivity contribution in [1.82, 2.24) is 29.7 Å². The quantitative estimate of drug-likeness (QED) is 0.533. The van der Waals surface area contributed by atoms with Crippen LogP contribution in [0.5, 0.6) is 0 Å². The molecule has 0 radical (unpaired) electrons. The van der Waals surface area contributed by atoms with Gasteiger partial charge in [-0.1, -0.05) is 18.2 Å². The molecule has 8 heteroatoms. The molecule has 0 unspecified atom stereocenters. The van der Waals surface area contributed by atoms with Crippen LogP contribution in [-0.4, -0.2) is 48.7 Å². The molecule has 0 atom stereocenters. The Labute approximate surface area is 185 Å². The molecule has 0 saturated carbocycles. The first-order chi connectivity index (χ1) is 15.6. The maximum atomic E-state index is 13.3. The summed E-state index contributed by atoms with van der Waals surface area (Å²) in [5.41, 5.74) is 4.85. The monoisotopic (exact) mass is 425 g/mol. The largest absolute Gasteiger partial charge is 0.372 e. The summed E-state index contributed by atoms with van der Waals surface area (Å²) in [5, 5.41) is 15.4. The molecule has 32 heavy (non-hydrogen) atoms. The third-order valence-corrected chi connectivity index (χ3v) is 6.64. The first kappa shape index (κ1) is 18.8. The number of para-hydroxylation sites is 2. The van der Waals surface area contributed by atoms with Crippen molar-refractivity contribution in [3.05, 3.63) is 83.9 Å². The molecule has 2 aliphatic heterocycles. The molecule has 4 heterocycles. The molecule has 8 nitrogen and oxygen atoms in total. The first-order valence-corrected chi connectivity index (χ1v) is 10.8. The summed E-state index contributed by atoms with van der Waals surface area (Å²) < 4.78 is 3.92. The van der Waals surface area contributed by atoms with Gasteiger partial charge >= 0.3 is 0 Å². The van der Waals surface area contributed by atoms with Crippen LogP contribution >= 0.6 is 0 Å². The second-order valence-corrected chi connectivity index (χ2v) is 8.47. The lowest BCUT2D eigenvalue weighted by Gasteiger charge is -2.46. The highest BCUT2D eigenvalue weighted by Gasteiger charge is 2.42. The summed E-state index contributed by atoms with van der Waals surface area (Å²) in [7, 11) is 0. The number of carbonyl (C=O) groups is 1. The van der Waals surface area contributed by atoms with Crippen molar-refractivity contribution >= 4 is 11.6 Å². The minimum atomic E-state index is -0.167. The minimum absolute atomic E-state index is 0.0408. The Kier molecular flexibility index (Phi) is 4.14. The van der Waals surface area contributed by atoms with E-state index in [2.05, 4.69) is 68.0 Å². The Balaban J connectivity index is 1.24. The number of carbonyl (C=O) groups excluding carboxylic acids is 1. The second kappa shape index (κ2) is 7.05. The highest BCUT2D eigenvalue weighted by molar-refractivity contribution is 5.95. The molecular weight excluding hydrogens is 402 g/mol. The average Bonchev–Trinajstić information content (AvgIpc) is 3.49. The molecule has 2 aliphatic rings. The standard InChI is InChI=1S/C24H23N7O/c1-17-26-27-28-31(17)19-7-4-6-18(16-19)23(32)29-14-11-24(12-15-29)22-10-5-13-30(22)21-9-3-2-8-20(21)25-24/h2-10,13,16,25H,11-12,14-15H2,1H3. The van der Waals surface area contributed by atoms with Gasteiger partial charge in [0.2, 0.25) is 0 Å². The molecule has 160 valence electrons. The van der Waals surface area contributed by atoms with Crippen LogP contribution in [0, 0.1) is 6.92 Å². The van der Waals surface area contributed by atoms with Gasteiger partial charge in [0.05, 0.1) is 22.6 Å². The lowest BCUT2D eigenvalue weighted by Crippen LogP contribution is -2.51. The third-order valence-electron chi connectivity index (χ3n) is 6.64. The SMILES string of the molecule is Cc1nnnn1-c1cccc(C(=O)N2CCC3(CC2)Nc2ccccc2-n2cccc23)c1. The van der Waals surface area contributed by atoms with Crippen LogP contribution in [-0.2, 0) is 5.54 Å². The van der Waals surface area contributed by atoms with Gasteiger partial charge in [-0.3, -0.25) is 4.79 Å². The van der Waals surface area contributed by atoms with Crippen LogP contribution in [0.1, 0.15) is 34.7 Å². The number of hydrogen-bond acceptors (Lipinski definition) is 5. The summed E-state index contributed by atoms with van der Waals surface area (Å²) >= 11 is 0. The number of benzene rings is 2. The van der Waals surface area contributed by atoms with Gasteiger partial charge in [0.25, 0.3) is 5.91 Å². The summed E-state index contributed by atoms with van der Waals surface area (Å²) in [6, 6.07) is 20.2. The number of hydrogen-bond donors (Lipinski definition) is 1. The number of aromatic nitrogens is 5. The third kappa shape index (κ3) is 2.83. The number of likely N-dealkylation sites (tertiary alicyclic amines) is 1. The van der Waals surface area contributed by atoms with Crippen molar-refractivity contribution in [1.29, 1.82) is 0 Å². The number of tetrazole rings is 1. The van der Waals surface area contributed by atoms with Gasteiger partial charge in [-0.25, -0.2) is 0 Å². The molecule has 1 spiro atoms. The molecular formula is C24H23N7O. The van der Waals surface area contributed by atoms with E-state index in [1.54, 1.807) is 4.68 Å². The Morgan fingerprint density at radius 3 is 2.69 bits per heavy atom. The molecule has 1 N–H and O–H groups in total. The molecule has 4 aromatic rings. The zero-order valence-electron chi connectivity index (χ0n) is 17.8. The van der Waals surface area contributed by atoms with Crippen molar-refractivity contribution < 1.29 is 4.79 Å². The number of amides is 1. The predicted molar refractivity (Wildman–Crippen MR) is 120 cm³/mol. The van der Waals surface area contributed by atoms with Crippen LogP contribution < -0.4 is 5.32 Å². The van der Waals surface area contributed by atoms with E-state index in [0.29, 0.717) is 24.5 Å². The van der Waals surface area contributed by atoms with Gasteiger partial charge < -0.3 is 14.8 Å². The van der Waals surface area contributed by atoms with E-state index >= 15 is 0 Å². The average molecular weight is 425 g/mol. The van der Waals surface area contributed by atoms with E-state index in [9.17, 15) is 4.79 Å². The molecule has 2 aromatic heterocycles. The minimum Gasteiger partial charge on any atom is -0.372 e. The number of fused-ring (bicyclic) bond motifs is 4. The predicted octanol–water partition coefficient (Wildman–Crippen LogP) is 3.32. The van der Waals surface area contributed by atoms with Crippen molar-refractivity contribution in [2.24, 2.45) is 0 Å². The first-order valence-electron chi connectivity index (χ1n) is 10.8. The Morgan fingerprint density at radius 2 is 1.88 bits per heavy atom.